The number of hydrogen-bond acceptors (Lipinski definition) is 4. The molecule has 0 unspecified atom stereocenters. The fraction of sp³-hybridized carbons (Fsp3) is 0.111. The van der Waals surface area contributed by atoms with Gasteiger partial charge in [-0.15, -0.1) is 11.3 Å². The molecule has 26 heavy (non-hydrogen) atoms. The van der Waals surface area contributed by atoms with Gasteiger partial charge in [-0.3, -0.25) is 9.59 Å². The lowest BCUT2D eigenvalue weighted by atomic mass is 10.2. The lowest BCUT2D eigenvalue weighted by Crippen LogP contribution is -2.37. The molecule has 134 valence electrons. The number of carbonyl (C=O) groups excluding carboxylic acids is 2. The summed E-state index contributed by atoms with van der Waals surface area (Å²) in [6.07, 6.45) is 1.51. The summed E-state index contributed by atoms with van der Waals surface area (Å²) < 4.78 is 6.00. The first-order chi connectivity index (χ1) is 12.5. The van der Waals surface area contributed by atoms with Gasteiger partial charge in [-0.1, -0.05) is 41.4 Å². The maximum Gasteiger partial charge on any atom is 0.257 e. The number of nitrogens with zero attached hydrogens (tertiary/aromatic N) is 1. The first kappa shape index (κ1) is 18.5. The predicted molar refractivity (Wildman–Crippen MR) is 103 cm³/mol. The number of hydrogen-bond donors (Lipinski definition) is 1. The zero-order chi connectivity index (χ0) is 18.5. The summed E-state index contributed by atoms with van der Waals surface area (Å²) in [5.41, 5.74) is 0.917. The van der Waals surface area contributed by atoms with Gasteiger partial charge in [0.15, 0.2) is 0 Å². The van der Waals surface area contributed by atoms with E-state index in [1.165, 1.54) is 17.2 Å². The summed E-state index contributed by atoms with van der Waals surface area (Å²) in [6.45, 7) is -0.0178. The molecule has 1 aromatic carbocycles. The smallest absolute Gasteiger partial charge is 0.257 e. The second-order valence-corrected chi connectivity index (χ2v) is 7.68. The average molecular weight is 409 g/mol. The molecule has 0 saturated carbocycles. The van der Waals surface area contributed by atoms with E-state index in [9.17, 15) is 9.59 Å². The molecule has 0 aliphatic rings. The highest BCUT2D eigenvalue weighted by Gasteiger charge is 2.24. The molecule has 0 bridgehead atoms. The first-order valence-corrected chi connectivity index (χ1v) is 9.21. The summed E-state index contributed by atoms with van der Waals surface area (Å²) in [5.74, 6) is -0.158. The zero-order valence-electron chi connectivity index (χ0n) is 13.4. The quantitative estimate of drug-likeness (QED) is 0.628. The number of halogens is 2. The molecule has 8 heteroatoms. The lowest BCUT2D eigenvalue weighted by Gasteiger charge is -2.21. The molecule has 0 aliphatic heterocycles. The first-order valence-electron chi connectivity index (χ1n) is 7.64. The van der Waals surface area contributed by atoms with Crippen molar-refractivity contribution in [1.29, 1.82) is 0 Å². The normalized spacial score (nSPS) is 10.5. The van der Waals surface area contributed by atoms with Crippen molar-refractivity contribution in [3.63, 3.8) is 0 Å². The van der Waals surface area contributed by atoms with E-state index in [-0.39, 0.29) is 28.9 Å². The van der Waals surface area contributed by atoms with Gasteiger partial charge >= 0.3 is 0 Å². The molecular weight excluding hydrogens is 395 g/mol. The summed E-state index contributed by atoms with van der Waals surface area (Å²) in [4.78, 5) is 26.6. The van der Waals surface area contributed by atoms with Crippen molar-refractivity contribution in [3.8, 4) is 0 Å². The molecule has 5 nitrogen and oxygen atoms in total. The van der Waals surface area contributed by atoms with Crippen LogP contribution in [0.25, 0.3) is 0 Å². The Labute approximate surface area is 164 Å². The predicted octanol–water partition coefficient (Wildman–Crippen LogP) is 4.93. The molecule has 1 N–H and O–H groups in total. The van der Waals surface area contributed by atoms with Crippen LogP contribution in [-0.4, -0.2) is 23.3 Å². The van der Waals surface area contributed by atoms with E-state index in [0.29, 0.717) is 15.8 Å². The van der Waals surface area contributed by atoms with Gasteiger partial charge in [0.25, 0.3) is 5.91 Å². The maximum absolute atomic E-state index is 12.9. The Morgan fingerprint density at radius 1 is 1.12 bits per heavy atom. The van der Waals surface area contributed by atoms with Crippen LogP contribution >= 0.6 is 34.5 Å². The maximum atomic E-state index is 12.9. The molecule has 0 fully saturated rings. The highest BCUT2D eigenvalue weighted by Crippen LogP contribution is 2.32. The number of nitrogens with one attached hydrogen (secondary N) is 1. The number of thiophene rings is 1. The van der Waals surface area contributed by atoms with Crippen LogP contribution in [0.4, 0.5) is 5.69 Å². The minimum Gasteiger partial charge on any atom is -0.467 e. The van der Waals surface area contributed by atoms with Crippen LogP contribution in [0.5, 0.6) is 0 Å². The molecule has 0 saturated heterocycles. The molecule has 0 radical (unpaired) electrons. The molecule has 2 amide bonds. The molecule has 0 atom stereocenters. The Kier molecular flexibility index (Phi) is 5.98. The van der Waals surface area contributed by atoms with Gasteiger partial charge in [-0.05, 0) is 30.3 Å². The Hall–Kier alpha value is -2.28. The molecule has 2 aromatic heterocycles. The molecule has 0 aliphatic carbocycles. The Morgan fingerprint density at radius 3 is 2.50 bits per heavy atom. The minimum absolute atomic E-state index is 0.137. The minimum atomic E-state index is -0.391. The standard InChI is InChI=1S/C18H14Cl2N2O3S/c19-15-9-14(17(20)26-15)18(24)22(10-13-7-4-8-25-13)11-16(23)21-12-5-2-1-3-6-12/h1-9H,10-11H2,(H,21,23). The van der Waals surface area contributed by atoms with Crippen molar-refractivity contribution >= 4 is 52.0 Å². The second-order valence-electron chi connectivity index (χ2n) is 5.39. The molecule has 2 heterocycles. The van der Waals surface area contributed by atoms with Crippen molar-refractivity contribution in [1.82, 2.24) is 4.90 Å². The number of benzene rings is 1. The van der Waals surface area contributed by atoms with E-state index in [1.807, 2.05) is 18.2 Å². The van der Waals surface area contributed by atoms with Gasteiger partial charge in [0.05, 0.1) is 22.7 Å². The van der Waals surface area contributed by atoms with E-state index < -0.39 is 5.91 Å². The van der Waals surface area contributed by atoms with Crippen LogP contribution in [0.3, 0.4) is 0 Å². The van der Waals surface area contributed by atoms with Crippen molar-refractivity contribution in [2.45, 2.75) is 6.54 Å². The third-order valence-corrected chi connectivity index (χ3v) is 4.98. The second kappa shape index (κ2) is 8.40. The SMILES string of the molecule is O=C(CN(Cc1ccco1)C(=O)c1cc(Cl)sc1Cl)Nc1ccccc1. The van der Waals surface area contributed by atoms with E-state index in [4.69, 9.17) is 27.6 Å². The van der Waals surface area contributed by atoms with Crippen LogP contribution in [0.2, 0.25) is 8.67 Å². The van der Waals surface area contributed by atoms with Crippen molar-refractivity contribution in [3.05, 3.63) is 74.8 Å². The fourth-order valence-electron chi connectivity index (χ4n) is 2.34. The zero-order valence-corrected chi connectivity index (χ0v) is 15.8. The van der Waals surface area contributed by atoms with Gasteiger partial charge in [0, 0.05) is 5.69 Å². The Balaban J connectivity index is 1.77. The average Bonchev–Trinajstić information content (AvgIpc) is 3.23. The van der Waals surface area contributed by atoms with Crippen LogP contribution in [0.15, 0.2) is 59.2 Å². The van der Waals surface area contributed by atoms with Gasteiger partial charge in [0.2, 0.25) is 5.91 Å². The summed E-state index contributed by atoms with van der Waals surface area (Å²) >= 11 is 13.1. The van der Waals surface area contributed by atoms with Crippen molar-refractivity contribution in [2.24, 2.45) is 0 Å². The van der Waals surface area contributed by atoms with Gasteiger partial charge in [-0.25, -0.2) is 0 Å². The largest absolute Gasteiger partial charge is 0.467 e. The van der Waals surface area contributed by atoms with Crippen molar-refractivity contribution in [2.75, 3.05) is 11.9 Å². The number of para-hydroxylation sites is 1. The van der Waals surface area contributed by atoms with Gasteiger partial charge in [-0.2, -0.15) is 0 Å². The van der Waals surface area contributed by atoms with Crippen LogP contribution in [0.1, 0.15) is 16.1 Å². The lowest BCUT2D eigenvalue weighted by molar-refractivity contribution is -0.117. The Bertz CT molecular complexity index is 895. The number of carbonyl (C=O) groups is 2. The topological polar surface area (TPSA) is 62.6 Å². The van der Waals surface area contributed by atoms with Gasteiger partial charge in [0.1, 0.15) is 16.6 Å². The number of rotatable bonds is 6. The van der Waals surface area contributed by atoms with Crippen LogP contribution < -0.4 is 5.32 Å². The summed E-state index contributed by atoms with van der Waals surface area (Å²) in [7, 11) is 0. The summed E-state index contributed by atoms with van der Waals surface area (Å²) in [6, 6.07) is 14.0. The van der Waals surface area contributed by atoms with Crippen LogP contribution in [-0.2, 0) is 11.3 Å². The number of anilines is 1. The Morgan fingerprint density at radius 2 is 1.88 bits per heavy atom. The molecule has 3 rings (SSSR count). The monoisotopic (exact) mass is 408 g/mol. The highest BCUT2D eigenvalue weighted by molar-refractivity contribution is 7.20. The molecule has 3 aromatic rings. The number of furan rings is 1. The van der Waals surface area contributed by atoms with E-state index >= 15 is 0 Å². The van der Waals surface area contributed by atoms with Crippen molar-refractivity contribution < 1.29 is 14.0 Å². The third-order valence-electron chi connectivity index (χ3n) is 3.49. The van der Waals surface area contributed by atoms with Gasteiger partial charge < -0.3 is 14.6 Å². The molecule has 0 spiro atoms. The number of amides is 2. The van der Waals surface area contributed by atoms with E-state index in [0.717, 1.165) is 11.3 Å². The summed E-state index contributed by atoms with van der Waals surface area (Å²) in [5, 5.41) is 2.76. The van der Waals surface area contributed by atoms with Crippen LogP contribution in [0, 0.1) is 0 Å². The third kappa shape index (κ3) is 4.66. The van der Waals surface area contributed by atoms with E-state index in [2.05, 4.69) is 5.32 Å². The fourth-order valence-corrected chi connectivity index (χ4v) is 3.79. The highest BCUT2D eigenvalue weighted by atomic mass is 35.5. The van der Waals surface area contributed by atoms with E-state index in [1.54, 1.807) is 24.3 Å². The molecular formula is C18H14Cl2N2O3S.